The van der Waals surface area contributed by atoms with E-state index < -0.39 is 11.9 Å². The summed E-state index contributed by atoms with van der Waals surface area (Å²) in [5.74, 6) is 0.0999. The molecule has 1 aliphatic carbocycles. The predicted molar refractivity (Wildman–Crippen MR) is 273 cm³/mol. The third-order valence-corrected chi connectivity index (χ3v) is 17.9. The number of nitrogens with one attached hydrogen (secondary N) is 2. The average Bonchev–Trinajstić information content (AvgIpc) is 3.95. The fourth-order valence-electron chi connectivity index (χ4n) is 13.7. The Balaban J connectivity index is 0.622. The summed E-state index contributed by atoms with van der Waals surface area (Å²) in [7, 11) is 0. The number of rotatable bonds is 12. The molecule has 72 heavy (non-hydrogen) atoms. The normalized spacial score (nSPS) is 25.1. The number of imide groups is 1. The van der Waals surface area contributed by atoms with Gasteiger partial charge in [-0.2, -0.15) is 9.97 Å². The van der Waals surface area contributed by atoms with E-state index in [0.717, 1.165) is 125 Å². The number of ether oxygens (including phenoxy) is 1. The van der Waals surface area contributed by atoms with E-state index in [1.165, 1.54) is 25.9 Å². The molecule has 2 bridgehead atoms. The summed E-state index contributed by atoms with van der Waals surface area (Å²) in [6.07, 6.45) is 12.2. The number of benzene rings is 3. The van der Waals surface area contributed by atoms with Gasteiger partial charge in [0.25, 0.3) is 5.91 Å². The highest BCUT2D eigenvalue weighted by Crippen LogP contribution is 2.49. The molecule has 3 amide bonds. The number of hydrogen-bond acceptors (Lipinski definition) is 13. The van der Waals surface area contributed by atoms with Crippen LogP contribution in [0.15, 0.2) is 54.7 Å². The van der Waals surface area contributed by atoms with Crippen molar-refractivity contribution in [3.05, 3.63) is 77.2 Å². The molecule has 16 heteroatoms. The molecule has 6 saturated heterocycles. The summed E-state index contributed by atoms with van der Waals surface area (Å²) in [6.45, 7) is 13.2. The van der Waals surface area contributed by atoms with E-state index in [1.807, 2.05) is 24.3 Å². The SMILES string of the molecule is CCc1cccc2cc(O)cc(-c3ncc4c(N5CC6CCC(C5)N6)nc(OCC5(CN6CCC7(CC6)CN(CC6CCN(c8ccc9c(c8)CN(C8CCC(=O)NC8=O)C9=O)CC6)C7)CC5)nc4c3F)c12. The molecule has 2 aromatic heterocycles. The molecule has 8 aliphatic rings. The van der Waals surface area contributed by atoms with Crippen LogP contribution in [0.25, 0.3) is 32.9 Å². The molecule has 9 heterocycles. The number of carbonyl (C=O) groups excluding carboxylic acids is 3. The van der Waals surface area contributed by atoms with Crippen molar-refractivity contribution in [2.24, 2.45) is 16.7 Å². The summed E-state index contributed by atoms with van der Waals surface area (Å²) in [5, 5.41) is 19.2. The van der Waals surface area contributed by atoms with Crippen molar-refractivity contribution >= 4 is 50.9 Å². The second-order valence-electron chi connectivity index (χ2n) is 22.8. The average molecular weight is 977 g/mol. The summed E-state index contributed by atoms with van der Waals surface area (Å²) in [6, 6.07) is 15.7. The Morgan fingerprint density at radius 1 is 0.861 bits per heavy atom. The van der Waals surface area contributed by atoms with E-state index >= 15 is 4.39 Å². The highest BCUT2D eigenvalue weighted by molar-refractivity contribution is 6.06. The summed E-state index contributed by atoms with van der Waals surface area (Å²) < 4.78 is 23.8. The number of piperidine rings is 3. The van der Waals surface area contributed by atoms with Crippen molar-refractivity contribution in [3.63, 3.8) is 0 Å². The van der Waals surface area contributed by atoms with Gasteiger partial charge in [0.05, 0.1) is 12.0 Å². The van der Waals surface area contributed by atoms with Gasteiger partial charge in [0.15, 0.2) is 5.82 Å². The number of halogens is 1. The summed E-state index contributed by atoms with van der Waals surface area (Å²) >= 11 is 0. The van der Waals surface area contributed by atoms with Gasteiger partial charge in [-0.3, -0.25) is 24.7 Å². The van der Waals surface area contributed by atoms with Crippen molar-refractivity contribution in [3.8, 4) is 23.0 Å². The predicted octanol–water partition coefficient (Wildman–Crippen LogP) is 6.43. The first-order chi connectivity index (χ1) is 35.0. The molecule has 3 unspecified atom stereocenters. The van der Waals surface area contributed by atoms with E-state index in [9.17, 15) is 19.5 Å². The maximum absolute atomic E-state index is 17.2. The molecule has 3 atom stereocenters. The highest BCUT2D eigenvalue weighted by Gasteiger charge is 2.49. The zero-order valence-electron chi connectivity index (χ0n) is 41.3. The molecule has 7 aliphatic heterocycles. The number of fused-ring (bicyclic) bond motifs is 5. The molecule has 1 saturated carbocycles. The number of amides is 3. The number of hydrogen-bond donors (Lipinski definition) is 3. The standard InChI is InChI=1S/C56H65FN10O5/c1-2-35-4-3-5-36-23-41(68)24-43(47(35)36)49-48(57)50-44(25-58-49)51(66-28-38-6-7-39(29-66)59-38)62-54(61-50)72-33-56(14-15-56)32-63-20-16-55(17-21-63)30-64(31-55)26-34-12-18-65(19-13-34)40-8-9-42-37(22-40)27-67(53(42)71)45-10-11-46(69)60-52(45)70/h3-5,8-9,22-25,34,38-39,45,59,68H,2,6-7,10-21,26-33H2,1H3,(H,60,69,70). The third-order valence-electron chi connectivity index (χ3n) is 17.9. The van der Waals surface area contributed by atoms with Crippen LogP contribution in [0, 0.1) is 22.6 Å². The molecule has 13 rings (SSSR count). The number of pyridine rings is 1. The molecule has 3 N–H and O–H groups in total. The van der Waals surface area contributed by atoms with Crippen LogP contribution in [0.1, 0.15) is 92.6 Å². The summed E-state index contributed by atoms with van der Waals surface area (Å²) in [4.78, 5) is 63.8. The Kier molecular flexibility index (Phi) is 11.4. The Hall–Kier alpha value is -5.97. The lowest BCUT2D eigenvalue weighted by Crippen LogP contribution is -2.61. The van der Waals surface area contributed by atoms with Crippen LogP contribution in [-0.4, -0.2) is 143 Å². The quantitative estimate of drug-likeness (QED) is 0.118. The number of piperazine rings is 1. The number of anilines is 2. The number of carbonyl (C=O) groups is 3. The first kappa shape index (κ1) is 45.9. The zero-order chi connectivity index (χ0) is 48.9. The van der Waals surface area contributed by atoms with E-state index in [1.54, 1.807) is 23.2 Å². The first-order valence-corrected chi connectivity index (χ1v) is 26.7. The molecule has 376 valence electrons. The van der Waals surface area contributed by atoms with Crippen LogP contribution < -0.4 is 25.2 Å². The van der Waals surface area contributed by atoms with Crippen molar-refractivity contribution in [2.45, 2.75) is 102 Å². The Bertz CT molecular complexity index is 2980. The van der Waals surface area contributed by atoms with Crippen LogP contribution in [-0.2, 0) is 22.6 Å². The third kappa shape index (κ3) is 8.40. The topological polar surface area (TPSA) is 160 Å². The van der Waals surface area contributed by atoms with Crippen LogP contribution in [0.4, 0.5) is 15.9 Å². The first-order valence-electron chi connectivity index (χ1n) is 26.7. The fourth-order valence-corrected chi connectivity index (χ4v) is 13.7. The van der Waals surface area contributed by atoms with Gasteiger partial charge in [0, 0.05) is 106 Å². The number of nitrogens with zero attached hydrogens (tertiary/aromatic N) is 8. The molecule has 1 spiro atoms. The molecule has 7 fully saturated rings. The van der Waals surface area contributed by atoms with E-state index in [2.05, 4.69) is 49.3 Å². The Morgan fingerprint density at radius 2 is 1.65 bits per heavy atom. The van der Waals surface area contributed by atoms with Gasteiger partial charge in [-0.1, -0.05) is 25.1 Å². The Morgan fingerprint density at radius 3 is 2.40 bits per heavy atom. The summed E-state index contributed by atoms with van der Waals surface area (Å²) in [5.41, 5.74) is 5.17. The molecule has 3 aromatic carbocycles. The minimum absolute atomic E-state index is 0.0317. The van der Waals surface area contributed by atoms with Gasteiger partial charge in [0.1, 0.15) is 28.8 Å². The second kappa shape index (κ2) is 17.9. The molecular weight excluding hydrogens is 912 g/mol. The molecule has 5 aromatic rings. The fraction of sp³-hybridized carbons (Fsp3) is 0.536. The Labute approximate surface area is 419 Å². The lowest BCUT2D eigenvalue weighted by atomic mass is 9.71. The van der Waals surface area contributed by atoms with Crippen LogP contribution in [0.3, 0.4) is 0 Å². The van der Waals surface area contributed by atoms with Gasteiger partial charge < -0.3 is 39.7 Å². The minimum atomic E-state index is -0.596. The van der Waals surface area contributed by atoms with Gasteiger partial charge in [-0.25, -0.2) is 4.39 Å². The molecule has 0 radical (unpaired) electrons. The number of phenols is 1. The number of aromatic nitrogens is 3. The van der Waals surface area contributed by atoms with E-state index in [4.69, 9.17) is 19.7 Å². The smallest absolute Gasteiger partial charge is 0.319 e. The largest absolute Gasteiger partial charge is 0.508 e. The highest BCUT2D eigenvalue weighted by atomic mass is 19.1. The van der Waals surface area contributed by atoms with Crippen molar-refractivity contribution in [1.29, 1.82) is 0 Å². The lowest BCUT2D eigenvalue weighted by molar-refractivity contribution is -0.136. The number of phenolic OH excluding ortho intramolecular Hbond substituents is 1. The van der Waals surface area contributed by atoms with Gasteiger partial charge in [0.2, 0.25) is 11.8 Å². The van der Waals surface area contributed by atoms with Gasteiger partial charge in [-0.15, -0.1) is 0 Å². The monoisotopic (exact) mass is 977 g/mol. The van der Waals surface area contributed by atoms with Crippen molar-refractivity contribution in [2.75, 3.05) is 81.9 Å². The van der Waals surface area contributed by atoms with Crippen molar-refractivity contribution < 1.29 is 28.6 Å². The number of aromatic hydroxyl groups is 1. The maximum Gasteiger partial charge on any atom is 0.319 e. The minimum Gasteiger partial charge on any atom is -0.508 e. The van der Waals surface area contributed by atoms with Gasteiger partial charge in [-0.05, 0) is 141 Å². The molecule has 15 nitrogen and oxygen atoms in total. The van der Waals surface area contributed by atoms with Crippen LogP contribution in [0.5, 0.6) is 11.8 Å². The van der Waals surface area contributed by atoms with Crippen LogP contribution >= 0.6 is 0 Å². The molecular formula is C56H65FN10O5. The second-order valence-corrected chi connectivity index (χ2v) is 22.8. The lowest BCUT2D eigenvalue weighted by Gasteiger charge is -2.55. The zero-order valence-corrected chi connectivity index (χ0v) is 41.3. The number of likely N-dealkylation sites (tertiary alicyclic amines) is 2. The van der Waals surface area contributed by atoms with E-state index in [-0.39, 0.29) is 52.5 Å². The van der Waals surface area contributed by atoms with Crippen LogP contribution in [0.2, 0.25) is 0 Å². The van der Waals surface area contributed by atoms with E-state index in [0.29, 0.717) is 65.3 Å². The van der Waals surface area contributed by atoms with Gasteiger partial charge >= 0.3 is 6.01 Å². The van der Waals surface area contributed by atoms with Crippen molar-refractivity contribution in [1.82, 2.24) is 40.3 Å². The maximum atomic E-state index is 17.2. The number of aryl methyl sites for hydroxylation is 1.